The van der Waals surface area contributed by atoms with Gasteiger partial charge in [0.25, 0.3) is 0 Å². The number of hydrogen-bond acceptors (Lipinski definition) is 4. The van der Waals surface area contributed by atoms with Crippen LogP contribution in [0.4, 0.5) is 0 Å². The molecule has 1 aliphatic rings. The zero-order valence-corrected chi connectivity index (χ0v) is 11.8. The molecule has 0 amide bonds. The third kappa shape index (κ3) is 4.67. The molecule has 0 bridgehead atoms. The van der Waals surface area contributed by atoms with Gasteiger partial charge in [-0.2, -0.15) is 0 Å². The van der Waals surface area contributed by atoms with E-state index >= 15 is 0 Å². The molecule has 4 nitrogen and oxygen atoms in total. The third-order valence-corrected chi connectivity index (χ3v) is 3.20. The van der Waals surface area contributed by atoms with Crippen LogP contribution in [0.5, 0.6) is 0 Å². The number of esters is 1. The average Bonchev–Trinajstić information content (AvgIpc) is 2.29. The lowest BCUT2D eigenvalue weighted by atomic mass is 9.93. The van der Waals surface area contributed by atoms with Crippen molar-refractivity contribution in [2.45, 2.75) is 33.3 Å². The molecule has 1 saturated heterocycles. The van der Waals surface area contributed by atoms with Crippen LogP contribution in [0.1, 0.15) is 27.7 Å². The Kier molecular flexibility index (Phi) is 5.64. The van der Waals surface area contributed by atoms with Crippen LogP contribution >= 0.6 is 0 Å². The van der Waals surface area contributed by atoms with Crippen molar-refractivity contribution < 1.29 is 14.3 Å². The summed E-state index contributed by atoms with van der Waals surface area (Å²) in [5, 5.41) is 0. The number of carbonyl (C=O) groups is 1. The van der Waals surface area contributed by atoms with Gasteiger partial charge >= 0.3 is 5.97 Å². The maximum absolute atomic E-state index is 11.1. The summed E-state index contributed by atoms with van der Waals surface area (Å²) < 4.78 is 10.6. The molecule has 0 N–H and O–H groups in total. The fourth-order valence-electron chi connectivity index (χ4n) is 1.67. The molecule has 0 saturated carbocycles. The van der Waals surface area contributed by atoms with Gasteiger partial charge < -0.3 is 9.47 Å². The van der Waals surface area contributed by atoms with Crippen LogP contribution in [0.25, 0.3) is 0 Å². The second kappa shape index (κ2) is 6.77. The van der Waals surface area contributed by atoms with Crippen molar-refractivity contribution in [3.05, 3.63) is 0 Å². The number of hydrogen-bond donors (Lipinski definition) is 0. The molecule has 0 aromatic heterocycles. The van der Waals surface area contributed by atoms with Crippen molar-refractivity contribution in [3.63, 3.8) is 0 Å². The summed E-state index contributed by atoms with van der Waals surface area (Å²) in [6.07, 6.45) is 0. The quantitative estimate of drug-likeness (QED) is 0.561. The summed E-state index contributed by atoms with van der Waals surface area (Å²) in [5.74, 6) is 6.10. The Morgan fingerprint density at radius 2 is 2.06 bits per heavy atom. The standard InChI is InChI=1S/C14H23NO3/c1-12(2)14(4,18-13(3)16)6-5-7-15-8-10-17-11-9-15/h12H,7-11H2,1-4H3/t14-/m0/s1. The van der Waals surface area contributed by atoms with Gasteiger partial charge in [0.15, 0.2) is 5.60 Å². The number of rotatable bonds is 3. The van der Waals surface area contributed by atoms with E-state index in [1.807, 2.05) is 20.8 Å². The van der Waals surface area contributed by atoms with E-state index in [0.717, 1.165) is 26.3 Å². The van der Waals surface area contributed by atoms with Gasteiger partial charge in [0.2, 0.25) is 0 Å². The van der Waals surface area contributed by atoms with Gasteiger partial charge in [-0.25, -0.2) is 0 Å². The first-order chi connectivity index (χ1) is 8.44. The Hall–Kier alpha value is -1.05. The van der Waals surface area contributed by atoms with Gasteiger partial charge in [-0.05, 0) is 6.92 Å². The van der Waals surface area contributed by atoms with Crippen molar-refractivity contribution >= 4 is 5.97 Å². The van der Waals surface area contributed by atoms with Gasteiger partial charge in [-0.1, -0.05) is 25.7 Å². The summed E-state index contributed by atoms with van der Waals surface area (Å²) in [6.45, 7) is 11.4. The van der Waals surface area contributed by atoms with E-state index in [2.05, 4.69) is 16.7 Å². The summed E-state index contributed by atoms with van der Waals surface area (Å²) in [5.41, 5.74) is -0.696. The molecule has 18 heavy (non-hydrogen) atoms. The SMILES string of the molecule is CC(=O)O[C@@](C)(C#CCN1CCOCC1)C(C)C. The highest BCUT2D eigenvalue weighted by molar-refractivity contribution is 5.67. The van der Waals surface area contributed by atoms with Crippen LogP contribution in [0.3, 0.4) is 0 Å². The number of carbonyl (C=O) groups excluding carboxylic acids is 1. The Morgan fingerprint density at radius 3 is 2.56 bits per heavy atom. The van der Waals surface area contributed by atoms with Crippen LogP contribution in [0.15, 0.2) is 0 Å². The molecule has 0 aromatic carbocycles. The number of nitrogens with zero attached hydrogens (tertiary/aromatic N) is 1. The summed E-state index contributed by atoms with van der Waals surface area (Å²) >= 11 is 0. The third-order valence-electron chi connectivity index (χ3n) is 3.20. The molecule has 0 radical (unpaired) electrons. The van der Waals surface area contributed by atoms with Crippen molar-refractivity contribution in [1.82, 2.24) is 4.90 Å². The van der Waals surface area contributed by atoms with Gasteiger partial charge in [-0.15, -0.1) is 0 Å². The number of ether oxygens (including phenoxy) is 2. The van der Waals surface area contributed by atoms with Crippen LogP contribution in [-0.4, -0.2) is 49.3 Å². The molecular formula is C14H23NO3. The molecule has 1 aliphatic heterocycles. The van der Waals surface area contributed by atoms with E-state index in [1.165, 1.54) is 6.92 Å². The first kappa shape index (κ1) is 15.0. The van der Waals surface area contributed by atoms with E-state index in [-0.39, 0.29) is 11.9 Å². The lowest BCUT2D eigenvalue weighted by Gasteiger charge is -2.28. The van der Waals surface area contributed by atoms with Gasteiger partial charge in [-0.3, -0.25) is 9.69 Å². The molecular weight excluding hydrogens is 230 g/mol. The highest BCUT2D eigenvalue weighted by atomic mass is 16.6. The van der Waals surface area contributed by atoms with E-state index < -0.39 is 5.60 Å². The molecule has 1 rings (SSSR count). The first-order valence-corrected chi connectivity index (χ1v) is 6.44. The van der Waals surface area contributed by atoms with Crippen LogP contribution in [0.2, 0.25) is 0 Å². The summed E-state index contributed by atoms with van der Waals surface area (Å²) in [4.78, 5) is 13.4. The Balaban J connectivity index is 2.57. The van der Waals surface area contributed by atoms with Gasteiger partial charge in [0, 0.05) is 25.9 Å². The van der Waals surface area contributed by atoms with E-state index in [4.69, 9.17) is 9.47 Å². The minimum absolute atomic E-state index is 0.165. The van der Waals surface area contributed by atoms with Crippen LogP contribution in [0, 0.1) is 17.8 Å². The largest absolute Gasteiger partial charge is 0.446 e. The highest BCUT2D eigenvalue weighted by Crippen LogP contribution is 2.20. The molecule has 102 valence electrons. The smallest absolute Gasteiger partial charge is 0.304 e. The lowest BCUT2D eigenvalue weighted by Crippen LogP contribution is -2.37. The predicted molar refractivity (Wildman–Crippen MR) is 70.0 cm³/mol. The first-order valence-electron chi connectivity index (χ1n) is 6.44. The summed E-state index contributed by atoms with van der Waals surface area (Å²) in [7, 11) is 0. The summed E-state index contributed by atoms with van der Waals surface area (Å²) in [6, 6.07) is 0. The molecule has 0 spiro atoms. The van der Waals surface area contributed by atoms with Crippen molar-refractivity contribution in [1.29, 1.82) is 0 Å². The van der Waals surface area contributed by atoms with Gasteiger partial charge in [0.1, 0.15) is 0 Å². The minimum atomic E-state index is -0.696. The van der Waals surface area contributed by atoms with Crippen LogP contribution in [-0.2, 0) is 14.3 Å². The lowest BCUT2D eigenvalue weighted by molar-refractivity contribution is -0.153. The van der Waals surface area contributed by atoms with Crippen molar-refractivity contribution in [3.8, 4) is 11.8 Å². The molecule has 0 aromatic rings. The Morgan fingerprint density at radius 1 is 1.44 bits per heavy atom. The molecule has 0 unspecified atom stereocenters. The van der Waals surface area contributed by atoms with E-state index in [9.17, 15) is 4.79 Å². The zero-order chi connectivity index (χ0) is 13.6. The zero-order valence-electron chi connectivity index (χ0n) is 11.8. The molecule has 0 aliphatic carbocycles. The van der Waals surface area contributed by atoms with Crippen molar-refractivity contribution in [2.75, 3.05) is 32.8 Å². The molecule has 1 fully saturated rings. The Bertz CT molecular complexity index is 337. The molecule has 1 atom stereocenters. The Labute approximate surface area is 110 Å². The monoisotopic (exact) mass is 253 g/mol. The predicted octanol–water partition coefficient (Wildman–Crippen LogP) is 1.30. The fourth-order valence-corrected chi connectivity index (χ4v) is 1.67. The average molecular weight is 253 g/mol. The number of morpholine rings is 1. The van der Waals surface area contributed by atoms with E-state index in [1.54, 1.807) is 0 Å². The van der Waals surface area contributed by atoms with E-state index in [0.29, 0.717) is 6.54 Å². The normalized spacial score (nSPS) is 19.8. The maximum atomic E-state index is 11.1. The van der Waals surface area contributed by atoms with Crippen molar-refractivity contribution in [2.24, 2.45) is 5.92 Å². The molecule has 1 heterocycles. The van der Waals surface area contributed by atoms with Crippen LogP contribution < -0.4 is 0 Å². The fraction of sp³-hybridized carbons (Fsp3) is 0.786. The second-order valence-corrected chi connectivity index (χ2v) is 5.05. The topological polar surface area (TPSA) is 38.8 Å². The molecule has 4 heteroatoms. The maximum Gasteiger partial charge on any atom is 0.304 e. The second-order valence-electron chi connectivity index (χ2n) is 5.05. The highest BCUT2D eigenvalue weighted by Gasteiger charge is 2.29. The minimum Gasteiger partial charge on any atom is -0.446 e. The van der Waals surface area contributed by atoms with Gasteiger partial charge in [0.05, 0.1) is 19.8 Å².